The second-order valence-corrected chi connectivity index (χ2v) is 6.43. The Morgan fingerprint density at radius 3 is 2.29 bits per heavy atom. The van der Waals surface area contributed by atoms with Crippen LogP contribution in [0.15, 0.2) is 94.7 Å². The zero-order valence-corrected chi connectivity index (χ0v) is 15.3. The zero-order chi connectivity index (χ0) is 19.5. The Balaban J connectivity index is 1.94. The molecule has 0 aliphatic rings. The molecule has 0 fully saturated rings. The smallest absolute Gasteiger partial charge is 0.280 e. The molecule has 0 bridgehead atoms. The number of aliphatic imine (C=N–C) groups is 1. The molecule has 0 unspecified atom stereocenters. The molecule has 2 N–H and O–H groups in total. The quantitative estimate of drug-likeness (QED) is 0.525. The minimum Gasteiger partial charge on any atom is -0.508 e. The van der Waals surface area contributed by atoms with Crippen LogP contribution in [0.3, 0.4) is 0 Å². The van der Waals surface area contributed by atoms with E-state index in [0.29, 0.717) is 17.0 Å². The molecule has 0 saturated heterocycles. The molecule has 0 spiro atoms. The van der Waals surface area contributed by atoms with Gasteiger partial charge >= 0.3 is 0 Å². The van der Waals surface area contributed by atoms with E-state index in [4.69, 9.17) is 4.99 Å². The fourth-order valence-corrected chi connectivity index (χ4v) is 3.14. The highest BCUT2D eigenvalue weighted by atomic mass is 16.3. The lowest BCUT2D eigenvalue weighted by Crippen LogP contribution is -2.21. The Hall–Kier alpha value is -3.86. The summed E-state index contributed by atoms with van der Waals surface area (Å²) in [5.41, 5.74) is 3.75. The number of phenols is 1. The first-order valence-electron chi connectivity index (χ1n) is 8.94. The molecule has 0 atom stereocenters. The van der Waals surface area contributed by atoms with E-state index in [0.717, 1.165) is 16.9 Å². The minimum atomic E-state index is -0.175. The van der Waals surface area contributed by atoms with Crippen molar-refractivity contribution in [3.63, 3.8) is 0 Å². The van der Waals surface area contributed by atoms with Gasteiger partial charge in [0.25, 0.3) is 5.56 Å². The predicted octanol–water partition coefficient (Wildman–Crippen LogP) is 4.35. The molecular formula is C23H19N3O2. The Morgan fingerprint density at radius 2 is 1.61 bits per heavy atom. The van der Waals surface area contributed by atoms with Crippen molar-refractivity contribution in [3.05, 3.63) is 112 Å². The highest BCUT2D eigenvalue weighted by Gasteiger charge is 2.19. The molecule has 1 heterocycles. The third-order valence-corrected chi connectivity index (χ3v) is 4.44. The highest BCUT2D eigenvalue weighted by molar-refractivity contribution is 6.14. The average molecular weight is 369 g/mol. The molecule has 4 rings (SSSR count). The summed E-state index contributed by atoms with van der Waals surface area (Å²) in [6.07, 6.45) is 0. The fraction of sp³-hybridized carbons (Fsp3) is 0.0435. The number of aromatic nitrogens is 2. The number of aryl methyl sites for hydroxylation is 1. The van der Waals surface area contributed by atoms with Crippen LogP contribution >= 0.6 is 0 Å². The van der Waals surface area contributed by atoms with Crippen LogP contribution in [0.5, 0.6) is 5.75 Å². The second-order valence-electron chi connectivity index (χ2n) is 6.43. The van der Waals surface area contributed by atoms with Crippen molar-refractivity contribution in [3.8, 4) is 11.4 Å². The van der Waals surface area contributed by atoms with Crippen molar-refractivity contribution in [1.82, 2.24) is 9.78 Å². The number of aromatic hydroxyl groups is 1. The van der Waals surface area contributed by atoms with Gasteiger partial charge in [-0.1, -0.05) is 54.6 Å². The van der Waals surface area contributed by atoms with E-state index in [2.05, 4.69) is 5.10 Å². The molecule has 0 aliphatic heterocycles. The average Bonchev–Trinajstić information content (AvgIpc) is 3.02. The maximum atomic E-state index is 13.3. The number of nitrogens with one attached hydrogen (secondary N) is 1. The number of phenolic OH excluding ortho intramolecular Hbond substituents is 1. The summed E-state index contributed by atoms with van der Waals surface area (Å²) >= 11 is 0. The maximum Gasteiger partial charge on any atom is 0.280 e. The molecule has 1 aromatic heterocycles. The maximum absolute atomic E-state index is 13.3. The number of benzene rings is 3. The van der Waals surface area contributed by atoms with Gasteiger partial charge in [0.2, 0.25) is 0 Å². The predicted molar refractivity (Wildman–Crippen MR) is 111 cm³/mol. The van der Waals surface area contributed by atoms with Gasteiger partial charge in [0.15, 0.2) is 0 Å². The first-order valence-corrected chi connectivity index (χ1v) is 8.94. The van der Waals surface area contributed by atoms with Gasteiger partial charge in [-0.3, -0.25) is 9.89 Å². The summed E-state index contributed by atoms with van der Waals surface area (Å²) in [7, 11) is 0. The SMILES string of the molecule is Cc1[nH]n(-c2ccccc2)c(=O)c1C(=Nc1cccc(O)c1)c1ccccc1. The van der Waals surface area contributed by atoms with Crippen LogP contribution in [0.25, 0.3) is 5.69 Å². The number of hydrogen-bond acceptors (Lipinski definition) is 3. The van der Waals surface area contributed by atoms with Gasteiger partial charge in [-0.05, 0) is 31.2 Å². The first kappa shape index (κ1) is 17.5. The number of nitrogens with zero attached hydrogens (tertiary/aromatic N) is 2. The molecule has 0 amide bonds. The van der Waals surface area contributed by atoms with Gasteiger partial charge in [0, 0.05) is 17.3 Å². The second kappa shape index (κ2) is 7.40. The lowest BCUT2D eigenvalue weighted by atomic mass is 10.0. The zero-order valence-electron chi connectivity index (χ0n) is 15.3. The molecule has 5 nitrogen and oxygen atoms in total. The molecule has 4 aromatic rings. The standard InChI is InChI=1S/C23H19N3O2/c1-16-21(23(28)26(25-16)19-12-6-3-7-13-19)22(17-9-4-2-5-10-17)24-18-11-8-14-20(27)15-18/h2-15,25,27H,1H3. The number of aromatic amines is 1. The van der Waals surface area contributed by atoms with Crippen LogP contribution in [0.1, 0.15) is 16.8 Å². The van der Waals surface area contributed by atoms with E-state index in [1.807, 2.05) is 67.6 Å². The summed E-state index contributed by atoms with van der Waals surface area (Å²) in [6.45, 7) is 1.86. The van der Waals surface area contributed by atoms with Crippen molar-refractivity contribution in [2.24, 2.45) is 4.99 Å². The molecule has 0 radical (unpaired) electrons. The topological polar surface area (TPSA) is 70.4 Å². The minimum absolute atomic E-state index is 0.126. The Bertz CT molecular complexity index is 1190. The number of H-pyrrole nitrogens is 1. The van der Waals surface area contributed by atoms with Gasteiger partial charge < -0.3 is 5.11 Å². The van der Waals surface area contributed by atoms with E-state index in [1.54, 1.807) is 24.3 Å². The van der Waals surface area contributed by atoms with E-state index < -0.39 is 0 Å². The third-order valence-electron chi connectivity index (χ3n) is 4.44. The number of rotatable bonds is 4. The van der Waals surface area contributed by atoms with Crippen LogP contribution in [0.2, 0.25) is 0 Å². The highest BCUT2D eigenvalue weighted by Crippen LogP contribution is 2.22. The van der Waals surface area contributed by atoms with Gasteiger partial charge in [-0.2, -0.15) is 0 Å². The van der Waals surface area contributed by atoms with Crippen LogP contribution in [-0.2, 0) is 0 Å². The summed E-state index contributed by atoms with van der Waals surface area (Å²) in [4.78, 5) is 18.0. The Kier molecular flexibility index (Phi) is 4.64. The largest absolute Gasteiger partial charge is 0.508 e. The van der Waals surface area contributed by atoms with Gasteiger partial charge in [0.05, 0.1) is 22.6 Å². The lowest BCUT2D eigenvalue weighted by molar-refractivity contribution is 0.475. The molecule has 28 heavy (non-hydrogen) atoms. The van der Waals surface area contributed by atoms with Crippen molar-refractivity contribution in [1.29, 1.82) is 0 Å². The first-order chi connectivity index (χ1) is 13.6. The summed E-state index contributed by atoms with van der Waals surface area (Å²) in [6, 6.07) is 25.7. The summed E-state index contributed by atoms with van der Waals surface area (Å²) in [5, 5.41) is 12.9. The van der Waals surface area contributed by atoms with E-state index >= 15 is 0 Å². The number of para-hydroxylation sites is 1. The Morgan fingerprint density at radius 1 is 0.929 bits per heavy atom. The molecule has 5 heteroatoms. The van der Waals surface area contributed by atoms with Crippen LogP contribution < -0.4 is 5.56 Å². The molecule has 138 valence electrons. The normalized spacial score (nSPS) is 11.5. The van der Waals surface area contributed by atoms with E-state index in [1.165, 1.54) is 4.68 Å². The Labute approximate surface area is 162 Å². The monoisotopic (exact) mass is 369 g/mol. The van der Waals surface area contributed by atoms with Crippen molar-refractivity contribution >= 4 is 11.4 Å². The van der Waals surface area contributed by atoms with Gasteiger partial charge in [-0.25, -0.2) is 9.67 Å². The fourth-order valence-electron chi connectivity index (χ4n) is 3.14. The van der Waals surface area contributed by atoms with E-state index in [-0.39, 0.29) is 11.3 Å². The third kappa shape index (κ3) is 3.38. The molecular weight excluding hydrogens is 350 g/mol. The molecule has 0 aliphatic carbocycles. The molecule has 0 saturated carbocycles. The van der Waals surface area contributed by atoms with E-state index in [9.17, 15) is 9.90 Å². The van der Waals surface area contributed by atoms with Crippen LogP contribution in [0, 0.1) is 6.92 Å². The van der Waals surface area contributed by atoms with Crippen LogP contribution in [-0.4, -0.2) is 20.6 Å². The van der Waals surface area contributed by atoms with Crippen molar-refractivity contribution < 1.29 is 5.11 Å². The summed E-state index contributed by atoms with van der Waals surface area (Å²) in [5.74, 6) is 0.126. The van der Waals surface area contributed by atoms with Crippen LogP contribution in [0.4, 0.5) is 5.69 Å². The van der Waals surface area contributed by atoms with Crippen molar-refractivity contribution in [2.45, 2.75) is 6.92 Å². The van der Waals surface area contributed by atoms with Crippen molar-refractivity contribution in [2.75, 3.05) is 0 Å². The van der Waals surface area contributed by atoms with Gasteiger partial charge in [-0.15, -0.1) is 0 Å². The lowest BCUT2D eigenvalue weighted by Gasteiger charge is -2.06. The van der Waals surface area contributed by atoms with Gasteiger partial charge in [0.1, 0.15) is 5.75 Å². The summed E-state index contributed by atoms with van der Waals surface area (Å²) < 4.78 is 1.52. The number of hydrogen-bond donors (Lipinski definition) is 2. The molecule has 3 aromatic carbocycles.